The number of amides is 1. The summed E-state index contributed by atoms with van der Waals surface area (Å²) in [6.45, 7) is 8.16. The number of piperazine rings is 1. The summed E-state index contributed by atoms with van der Waals surface area (Å²) < 4.78 is 5.94. The lowest BCUT2D eigenvalue weighted by atomic mass is 10.2. The van der Waals surface area contributed by atoms with Crippen LogP contribution in [0.15, 0.2) is 41.1 Å². The fourth-order valence-corrected chi connectivity index (χ4v) is 3.38. The number of hydrogen-bond donors (Lipinski definition) is 1. The molecule has 2 aromatic rings. The van der Waals surface area contributed by atoms with Crippen molar-refractivity contribution in [2.24, 2.45) is 0 Å². The van der Waals surface area contributed by atoms with Gasteiger partial charge in [0.15, 0.2) is 0 Å². The molecule has 1 N–H and O–H groups in total. The Morgan fingerprint density at radius 2 is 1.83 bits per heavy atom. The second-order valence-corrected chi connectivity index (χ2v) is 8.72. The fraction of sp³-hybridized carbons (Fsp3) is 0.400. The van der Waals surface area contributed by atoms with E-state index in [0.29, 0.717) is 36.5 Å². The zero-order chi connectivity index (χ0) is 21.9. The zero-order valence-electron chi connectivity index (χ0n) is 17.1. The van der Waals surface area contributed by atoms with Crippen molar-refractivity contribution in [1.82, 2.24) is 9.88 Å². The van der Waals surface area contributed by atoms with Gasteiger partial charge in [0.25, 0.3) is 0 Å². The van der Waals surface area contributed by atoms with E-state index in [1.54, 1.807) is 11.0 Å². The van der Waals surface area contributed by atoms with Gasteiger partial charge in [-0.15, -0.1) is 0 Å². The van der Waals surface area contributed by atoms with Gasteiger partial charge in [0, 0.05) is 43.6 Å². The van der Waals surface area contributed by atoms with Gasteiger partial charge >= 0.3 is 11.8 Å². The van der Waals surface area contributed by atoms with Crippen LogP contribution in [-0.2, 0) is 4.74 Å². The quantitative estimate of drug-likeness (QED) is 0.391. The third-order valence-corrected chi connectivity index (χ3v) is 4.92. The van der Waals surface area contributed by atoms with Gasteiger partial charge < -0.3 is 19.9 Å². The number of aromatic nitrogens is 1. The molecule has 0 bridgehead atoms. The molecule has 1 aliphatic rings. The van der Waals surface area contributed by atoms with Crippen molar-refractivity contribution < 1.29 is 14.5 Å². The van der Waals surface area contributed by atoms with Crippen LogP contribution >= 0.6 is 15.9 Å². The van der Waals surface area contributed by atoms with E-state index >= 15 is 0 Å². The van der Waals surface area contributed by atoms with Crippen molar-refractivity contribution >= 4 is 44.8 Å². The van der Waals surface area contributed by atoms with Gasteiger partial charge in [-0.25, -0.2) is 9.78 Å². The average molecular weight is 478 g/mol. The monoisotopic (exact) mass is 477 g/mol. The van der Waals surface area contributed by atoms with Crippen LogP contribution in [0.1, 0.15) is 20.8 Å². The Morgan fingerprint density at radius 3 is 2.40 bits per heavy atom. The van der Waals surface area contributed by atoms with Gasteiger partial charge in [-0.05, 0) is 61.0 Å². The highest BCUT2D eigenvalue weighted by Crippen LogP contribution is 2.30. The molecule has 3 rings (SSSR count). The van der Waals surface area contributed by atoms with E-state index in [4.69, 9.17) is 4.74 Å². The predicted octanol–water partition coefficient (Wildman–Crippen LogP) is 4.55. The van der Waals surface area contributed by atoms with Crippen molar-refractivity contribution in [3.05, 3.63) is 51.2 Å². The zero-order valence-corrected chi connectivity index (χ0v) is 18.7. The Bertz CT molecular complexity index is 922. The standard InChI is InChI=1S/C20H24BrN5O4/c1-20(2,3)30-19(27)25-10-8-24(9-11-25)15-6-4-14(5-7-15)23-16-12-18(21)22-13-17(16)26(28)29/h4-7,12-13H,8-11H2,1-3H3,(H,22,23). The third-order valence-electron chi connectivity index (χ3n) is 4.49. The molecule has 2 heterocycles. The maximum atomic E-state index is 12.2. The van der Waals surface area contributed by atoms with Gasteiger partial charge in [0.05, 0.1) is 4.92 Å². The van der Waals surface area contributed by atoms with Gasteiger partial charge in [-0.1, -0.05) is 0 Å². The molecule has 0 atom stereocenters. The Morgan fingerprint density at radius 1 is 1.20 bits per heavy atom. The lowest BCUT2D eigenvalue weighted by Crippen LogP contribution is -2.50. The van der Waals surface area contributed by atoms with E-state index in [1.807, 2.05) is 45.0 Å². The van der Waals surface area contributed by atoms with E-state index in [-0.39, 0.29) is 11.8 Å². The summed E-state index contributed by atoms with van der Waals surface area (Å²) in [6, 6.07) is 9.21. The van der Waals surface area contributed by atoms with Crippen LogP contribution in [0.25, 0.3) is 0 Å². The van der Waals surface area contributed by atoms with E-state index in [2.05, 4.69) is 31.1 Å². The van der Waals surface area contributed by atoms with E-state index in [1.165, 1.54) is 6.20 Å². The summed E-state index contributed by atoms with van der Waals surface area (Å²) in [4.78, 5) is 30.7. The Balaban J connectivity index is 1.62. The number of nitro groups is 1. The average Bonchev–Trinajstić information content (AvgIpc) is 2.67. The second-order valence-electron chi connectivity index (χ2n) is 7.91. The lowest BCUT2D eigenvalue weighted by Gasteiger charge is -2.36. The normalized spacial score (nSPS) is 14.4. The highest BCUT2D eigenvalue weighted by atomic mass is 79.9. The maximum absolute atomic E-state index is 12.2. The van der Waals surface area contributed by atoms with Crippen LogP contribution < -0.4 is 10.2 Å². The van der Waals surface area contributed by atoms with E-state index in [0.717, 1.165) is 11.4 Å². The van der Waals surface area contributed by atoms with Crippen molar-refractivity contribution in [2.75, 3.05) is 36.4 Å². The number of carbonyl (C=O) groups is 1. The molecule has 10 heteroatoms. The molecule has 0 unspecified atom stereocenters. The third kappa shape index (κ3) is 5.59. The van der Waals surface area contributed by atoms with E-state index < -0.39 is 10.5 Å². The molecular formula is C20H24BrN5O4. The van der Waals surface area contributed by atoms with Crippen LogP contribution in [-0.4, -0.2) is 52.7 Å². The summed E-state index contributed by atoms with van der Waals surface area (Å²) in [6.07, 6.45) is 0.928. The minimum Gasteiger partial charge on any atom is -0.444 e. The van der Waals surface area contributed by atoms with Crippen LogP contribution in [0.3, 0.4) is 0 Å². The number of nitrogens with one attached hydrogen (secondary N) is 1. The lowest BCUT2D eigenvalue weighted by molar-refractivity contribution is -0.384. The maximum Gasteiger partial charge on any atom is 0.410 e. The first-order chi connectivity index (χ1) is 14.1. The van der Waals surface area contributed by atoms with E-state index in [9.17, 15) is 14.9 Å². The molecule has 0 radical (unpaired) electrons. The number of ether oxygens (including phenoxy) is 1. The van der Waals surface area contributed by atoms with Gasteiger partial charge in [-0.2, -0.15) is 0 Å². The molecule has 1 saturated heterocycles. The first kappa shape index (κ1) is 21.8. The molecule has 1 aliphatic heterocycles. The van der Waals surface area contributed by atoms with Crippen molar-refractivity contribution in [1.29, 1.82) is 0 Å². The molecule has 0 spiro atoms. The SMILES string of the molecule is CC(C)(C)OC(=O)N1CCN(c2ccc(Nc3cc(Br)ncc3[N+](=O)[O-])cc2)CC1. The smallest absolute Gasteiger partial charge is 0.410 e. The fourth-order valence-electron chi connectivity index (χ4n) is 3.05. The van der Waals surface area contributed by atoms with Crippen LogP contribution in [0.4, 0.5) is 27.5 Å². The van der Waals surface area contributed by atoms with Gasteiger partial charge in [0.1, 0.15) is 22.1 Å². The minimum atomic E-state index is -0.503. The molecule has 0 saturated carbocycles. The molecule has 1 amide bonds. The molecule has 0 aliphatic carbocycles. The number of pyridine rings is 1. The van der Waals surface area contributed by atoms with Crippen molar-refractivity contribution in [3.63, 3.8) is 0 Å². The molecule has 30 heavy (non-hydrogen) atoms. The number of benzene rings is 1. The van der Waals surface area contributed by atoms with Crippen LogP contribution in [0, 0.1) is 10.1 Å². The minimum absolute atomic E-state index is 0.0967. The number of anilines is 3. The number of carbonyl (C=O) groups excluding carboxylic acids is 1. The largest absolute Gasteiger partial charge is 0.444 e. The highest BCUT2D eigenvalue weighted by Gasteiger charge is 2.26. The Kier molecular flexibility index (Phi) is 6.45. The number of nitrogens with zero attached hydrogens (tertiary/aromatic N) is 4. The summed E-state index contributed by atoms with van der Waals surface area (Å²) in [5.41, 5.74) is 1.51. The summed E-state index contributed by atoms with van der Waals surface area (Å²) in [5.74, 6) is 0. The van der Waals surface area contributed by atoms with Crippen LogP contribution in [0.5, 0.6) is 0 Å². The van der Waals surface area contributed by atoms with Crippen molar-refractivity contribution in [3.8, 4) is 0 Å². The Hall–Kier alpha value is -2.88. The highest BCUT2D eigenvalue weighted by molar-refractivity contribution is 9.10. The molecule has 9 nitrogen and oxygen atoms in total. The molecular weight excluding hydrogens is 454 g/mol. The number of halogens is 1. The summed E-state index contributed by atoms with van der Waals surface area (Å²) >= 11 is 3.24. The number of hydrogen-bond acceptors (Lipinski definition) is 7. The topological polar surface area (TPSA) is 101 Å². The predicted molar refractivity (Wildman–Crippen MR) is 118 cm³/mol. The summed E-state index contributed by atoms with van der Waals surface area (Å²) in [5, 5.41) is 14.3. The Labute approximate surface area is 183 Å². The first-order valence-electron chi connectivity index (χ1n) is 9.52. The molecule has 1 aromatic heterocycles. The van der Waals surface area contributed by atoms with Gasteiger partial charge in [0.2, 0.25) is 0 Å². The van der Waals surface area contributed by atoms with Crippen LogP contribution in [0.2, 0.25) is 0 Å². The summed E-state index contributed by atoms with van der Waals surface area (Å²) in [7, 11) is 0. The molecule has 1 aromatic carbocycles. The number of rotatable bonds is 4. The first-order valence-corrected chi connectivity index (χ1v) is 10.3. The molecule has 1 fully saturated rings. The van der Waals surface area contributed by atoms with Gasteiger partial charge in [-0.3, -0.25) is 10.1 Å². The van der Waals surface area contributed by atoms with Crippen molar-refractivity contribution in [2.45, 2.75) is 26.4 Å². The second kappa shape index (κ2) is 8.86. The molecule has 160 valence electrons.